The molecule has 1 aromatic heterocycles. The van der Waals surface area contributed by atoms with Crippen LogP contribution in [0.2, 0.25) is 0 Å². The van der Waals surface area contributed by atoms with E-state index in [1.54, 1.807) is 5.51 Å². The molecule has 0 radical (unpaired) electrons. The van der Waals surface area contributed by atoms with Crippen molar-refractivity contribution >= 4 is 23.1 Å². The Labute approximate surface area is 151 Å². The molecule has 1 unspecified atom stereocenters. The topological polar surface area (TPSA) is 61.4 Å². The van der Waals surface area contributed by atoms with Crippen LogP contribution in [0.1, 0.15) is 19.3 Å². The third-order valence-corrected chi connectivity index (χ3v) is 6.06. The number of nitrogens with one attached hydrogen (secondary N) is 1. The highest BCUT2D eigenvalue weighted by atomic mass is 32.1. The van der Waals surface area contributed by atoms with Gasteiger partial charge in [-0.15, -0.1) is 10.2 Å². The highest BCUT2D eigenvalue weighted by Crippen LogP contribution is 2.38. The van der Waals surface area contributed by atoms with Gasteiger partial charge in [0.2, 0.25) is 0 Å². The van der Waals surface area contributed by atoms with E-state index in [0.29, 0.717) is 5.41 Å². The van der Waals surface area contributed by atoms with E-state index in [-0.39, 0.29) is 6.03 Å². The largest absolute Gasteiger partial charge is 0.324 e. The average Bonchev–Trinajstić information content (AvgIpc) is 3.26. The van der Waals surface area contributed by atoms with Gasteiger partial charge in [-0.25, -0.2) is 4.79 Å². The van der Waals surface area contributed by atoms with Crippen LogP contribution in [0.25, 0.3) is 10.6 Å². The van der Waals surface area contributed by atoms with Gasteiger partial charge >= 0.3 is 6.03 Å². The van der Waals surface area contributed by atoms with Gasteiger partial charge in [-0.05, 0) is 57.1 Å². The molecule has 1 N–H and O–H groups in total. The lowest BCUT2D eigenvalue weighted by Crippen LogP contribution is -2.44. The predicted octanol–water partition coefficient (Wildman–Crippen LogP) is 3.15. The maximum Gasteiger partial charge on any atom is 0.321 e. The summed E-state index contributed by atoms with van der Waals surface area (Å²) in [6.45, 7) is 4.00. The molecule has 0 bridgehead atoms. The van der Waals surface area contributed by atoms with Crippen LogP contribution in [0, 0.1) is 5.41 Å². The zero-order valence-electron chi connectivity index (χ0n) is 14.4. The lowest BCUT2D eigenvalue weighted by atomic mass is 9.79. The first-order valence-corrected chi connectivity index (χ1v) is 9.63. The lowest BCUT2D eigenvalue weighted by Gasteiger charge is -2.38. The van der Waals surface area contributed by atoms with Crippen molar-refractivity contribution in [1.29, 1.82) is 0 Å². The summed E-state index contributed by atoms with van der Waals surface area (Å²) in [7, 11) is 2.18. The Bertz CT molecular complexity index is 732. The Morgan fingerprint density at radius 1 is 1.20 bits per heavy atom. The van der Waals surface area contributed by atoms with Gasteiger partial charge in [0.25, 0.3) is 0 Å². The van der Waals surface area contributed by atoms with E-state index in [1.165, 1.54) is 30.7 Å². The number of urea groups is 1. The van der Waals surface area contributed by atoms with Crippen molar-refractivity contribution in [3.8, 4) is 10.6 Å². The summed E-state index contributed by atoms with van der Waals surface area (Å²) in [6, 6.07) is 7.80. The molecule has 1 atom stereocenters. The summed E-state index contributed by atoms with van der Waals surface area (Å²) >= 11 is 1.51. The van der Waals surface area contributed by atoms with Gasteiger partial charge in [0.1, 0.15) is 10.5 Å². The first-order chi connectivity index (χ1) is 12.1. The Morgan fingerprint density at radius 3 is 2.76 bits per heavy atom. The van der Waals surface area contributed by atoms with Crippen molar-refractivity contribution in [3.05, 3.63) is 29.8 Å². The molecular weight excluding hydrogens is 334 g/mol. The van der Waals surface area contributed by atoms with Crippen LogP contribution in [0.3, 0.4) is 0 Å². The van der Waals surface area contributed by atoms with Crippen molar-refractivity contribution in [2.45, 2.75) is 19.3 Å². The molecule has 2 aromatic rings. The van der Waals surface area contributed by atoms with Crippen molar-refractivity contribution in [3.63, 3.8) is 0 Å². The van der Waals surface area contributed by atoms with Crippen LogP contribution >= 0.6 is 11.3 Å². The van der Waals surface area contributed by atoms with Crippen LogP contribution in [0.15, 0.2) is 29.8 Å². The second-order valence-corrected chi connectivity index (χ2v) is 8.10. The van der Waals surface area contributed by atoms with Crippen molar-refractivity contribution in [2.24, 2.45) is 5.41 Å². The Kier molecular flexibility index (Phi) is 4.43. The first-order valence-electron chi connectivity index (χ1n) is 8.75. The van der Waals surface area contributed by atoms with Crippen LogP contribution in [-0.4, -0.2) is 59.3 Å². The number of carbonyl (C=O) groups is 1. The second-order valence-electron chi connectivity index (χ2n) is 7.26. The summed E-state index contributed by atoms with van der Waals surface area (Å²) in [6.07, 6.45) is 3.58. The molecule has 25 heavy (non-hydrogen) atoms. The minimum atomic E-state index is 0.00812. The van der Waals surface area contributed by atoms with Gasteiger partial charge in [-0.2, -0.15) is 0 Å². The normalized spacial score (nSPS) is 24.0. The number of hydrogen-bond donors (Lipinski definition) is 1. The zero-order valence-corrected chi connectivity index (χ0v) is 15.3. The zero-order chi connectivity index (χ0) is 17.3. The third-order valence-electron chi connectivity index (χ3n) is 5.32. The molecule has 1 spiro atoms. The second kappa shape index (κ2) is 6.72. The fourth-order valence-corrected chi connectivity index (χ4v) is 4.65. The number of aromatic nitrogens is 2. The molecule has 0 saturated carbocycles. The lowest BCUT2D eigenvalue weighted by molar-refractivity contribution is 0.117. The van der Waals surface area contributed by atoms with E-state index in [4.69, 9.17) is 0 Å². The monoisotopic (exact) mass is 357 g/mol. The minimum Gasteiger partial charge on any atom is -0.324 e. The molecule has 2 aliphatic heterocycles. The van der Waals surface area contributed by atoms with Crippen molar-refractivity contribution < 1.29 is 4.79 Å². The fourth-order valence-electron chi connectivity index (χ4n) is 4.09. The van der Waals surface area contributed by atoms with Crippen LogP contribution in [-0.2, 0) is 0 Å². The van der Waals surface area contributed by atoms with E-state index in [1.807, 2.05) is 29.2 Å². The van der Waals surface area contributed by atoms with Gasteiger partial charge in [0.15, 0.2) is 0 Å². The maximum absolute atomic E-state index is 12.6. The van der Waals surface area contributed by atoms with E-state index in [0.717, 1.165) is 42.3 Å². The molecule has 2 fully saturated rings. The highest BCUT2D eigenvalue weighted by molar-refractivity contribution is 7.12. The standard InChI is InChI=1S/C18H23N5OS/c1-22-9-2-7-18(11-22)8-10-23(12-18)17(24)20-15-5-3-14(4-6-15)16-21-19-13-25-16/h3-6,13H,2,7-12H2,1H3,(H,20,24). The van der Waals surface area contributed by atoms with E-state index in [2.05, 4.69) is 27.5 Å². The number of piperidine rings is 1. The van der Waals surface area contributed by atoms with E-state index in [9.17, 15) is 4.79 Å². The molecule has 132 valence electrons. The van der Waals surface area contributed by atoms with Crippen LogP contribution < -0.4 is 5.32 Å². The predicted molar refractivity (Wildman–Crippen MR) is 99.7 cm³/mol. The SMILES string of the molecule is CN1CCCC2(CCN(C(=O)Nc3ccc(-c4nncs4)cc3)C2)C1. The molecule has 2 amide bonds. The number of anilines is 1. The van der Waals surface area contributed by atoms with Gasteiger partial charge in [-0.3, -0.25) is 0 Å². The number of rotatable bonds is 2. The third kappa shape index (κ3) is 3.52. The van der Waals surface area contributed by atoms with E-state index >= 15 is 0 Å². The molecule has 2 saturated heterocycles. The molecule has 2 aliphatic rings. The Balaban J connectivity index is 1.37. The summed E-state index contributed by atoms with van der Waals surface area (Å²) in [5, 5.41) is 11.8. The van der Waals surface area contributed by atoms with E-state index < -0.39 is 0 Å². The minimum absolute atomic E-state index is 0.00812. The molecule has 3 heterocycles. The Hall–Kier alpha value is -1.99. The first kappa shape index (κ1) is 16.5. The van der Waals surface area contributed by atoms with Crippen molar-refractivity contribution in [2.75, 3.05) is 38.5 Å². The molecule has 6 nitrogen and oxygen atoms in total. The van der Waals surface area contributed by atoms with Crippen molar-refractivity contribution in [1.82, 2.24) is 20.0 Å². The average molecular weight is 357 g/mol. The molecular formula is C18H23N5OS. The van der Waals surface area contributed by atoms with Gasteiger partial charge < -0.3 is 15.1 Å². The quantitative estimate of drug-likeness (QED) is 0.897. The smallest absolute Gasteiger partial charge is 0.321 e. The van der Waals surface area contributed by atoms with Gasteiger partial charge in [-0.1, -0.05) is 11.3 Å². The fraction of sp³-hybridized carbons (Fsp3) is 0.500. The molecule has 7 heteroatoms. The molecule has 4 rings (SSSR count). The highest BCUT2D eigenvalue weighted by Gasteiger charge is 2.42. The number of benzene rings is 1. The molecule has 1 aromatic carbocycles. The summed E-state index contributed by atoms with van der Waals surface area (Å²) in [5.41, 5.74) is 3.86. The summed E-state index contributed by atoms with van der Waals surface area (Å²) in [4.78, 5) is 17.0. The number of hydrogen-bond acceptors (Lipinski definition) is 5. The van der Waals surface area contributed by atoms with Crippen LogP contribution in [0.5, 0.6) is 0 Å². The molecule has 0 aliphatic carbocycles. The van der Waals surface area contributed by atoms with Gasteiger partial charge in [0.05, 0.1) is 0 Å². The number of likely N-dealkylation sites (tertiary alicyclic amines) is 2. The maximum atomic E-state index is 12.6. The number of nitrogens with zero attached hydrogens (tertiary/aromatic N) is 4. The number of amides is 2. The number of carbonyl (C=O) groups excluding carboxylic acids is 1. The summed E-state index contributed by atoms with van der Waals surface area (Å²) in [5.74, 6) is 0. The van der Waals surface area contributed by atoms with Crippen LogP contribution in [0.4, 0.5) is 10.5 Å². The van der Waals surface area contributed by atoms with Gasteiger partial charge in [0, 0.05) is 36.3 Å². The summed E-state index contributed by atoms with van der Waals surface area (Å²) < 4.78 is 0. The Morgan fingerprint density at radius 2 is 2.04 bits per heavy atom.